The number of nitrogens with zero attached hydrogens (tertiary/aromatic N) is 3. The number of carbonyl (C=O) groups excluding carboxylic acids is 2. The maximum atomic E-state index is 12.7. The first kappa shape index (κ1) is 23.9. The lowest BCUT2D eigenvalue weighted by Gasteiger charge is -2.40. The SMILES string of the molecule is Cc1ccc(NC(=O)NC(=O)C(C)N2CCCC(O)(Cc3nc(C(C)C)no3)C2)c(C)c1. The molecular formula is C23H33N5O4. The first-order valence-electron chi connectivity index (χ1n) is 11.0. The van der Waals surface area contributed by atoms with Gasteiger partial charge in [-0.3, -0.25) is 15.0 Å². The number of rotatable bonds is 6. The molecule has 2 atom stereocenters. The number of aromatic nitrogens is 2. The lowest BCUT2D eigenvalue weighted by atomic mass is 9.88. The fourth-order valence-corrected chi connectivity index (χ4v) is 3.97. The molecule has 3 N–H and O–H groups in total. The van der Waals surface area contributed by atoms with Crippen LogP contribution in [0.4, 0.5) is 10.5 Å². The molecule has 3 rings (SSSR count). The Hall–Kier alpha value is -2.78. The van der Waals surface area contributed by atoms with Gasteiger partial charge in [0.15, 0.2) is 5.82 Å². The molecule has 32 heavy (non-hydrogen) atoms. The third kappa shape index (κ3) is 5.92. The number of aryl methyl sites for hydroxylation is 2. The third-order valence-electron chi connectivity index (χ3n) is 5.86. The highest BCUT2D eigenvalue weighted by atomic mass is 16.5. The topological polar surface area (TPSA) is 121 Å². The minimum absolute atomic E-state index is 0.142. The monoisotopic (exact) mass is 443 g/mol. The molecule has 9 nitrogen and oxygen atoms in total. The van der Waals surface area contributed by atoms with Gasteiger partial charge in [-0.2, -0.15) is 4.98 Å². The van der Waals surface area contributed by atoms with Crippen LogP contribution in [-0.4, -0.2) is 56.8 Å². The van der Waals surface area contributed by atoms with Gasteiger partial charge in [-0.15, -0.1) is 0 Å². The zero-order valence-electron chi connectivity index (χ0n) is 19.4. The Kier molecular flexibility index (Phi) is 7.30. The van der Waals surface area contributed by atoms with Gasteiger partial charge >= 0.3 is 6.03 Å². The lowest BCUT2D eigenvalue weighted by molar-refractivity contribution is -0.127. The fraction of sp³-hybridized carbons (Fsp3) is 0.565. The molecule has 1 aliphatic rings. The van der Waals surface area contributed by atoms with Gasteiger partial charge in [0.25, 0.3) is 0 Å². The highest BCUT2D eigenvalue weighted by molar-refractivity contribution is 6.03. The van der Waals surface area contributed by atoms with Crippen molar-refractivity contribution in [1.82, 2.24) is 20.4 Å². The van der Waals surface area contributed by atoms with Crippen molar-refractivity contribution in [3.8, 4) is 0 Å². The molecule has 0 saturated carbocycles. The van der Waals surface area contributed by atoms with Gasteiger partial charge in [0, 0.05) is 18.2 Å². The average Bonchev–Trinajstić information content (AvgIpc) is 3.17. The summed E-state index contributed by atoms with van der Waals surface area (Å²) >= 11 is 0. The molecule has 1 aromatic carbocycles. The number of piperidine rings is 1. The van der Waals surface area contributed by atoms with E-state index in [0.717, 1.165) is 11.1 Å². The molecule has 174 valence electrons. The molecule has 1 aliphatic heterocycles. The number of β-amino-alcohol motifs (C(OH)–C–C–N with tert-alkyl or cyclic N) is 1. The molecule has 1 aromatic heterocycles. The molecule has 3 amide bonds. The first-order valence-corrected chi connectivity index (χ1v) is 11.0. The smallest absolute Gasteiger partial charge is 0.325 e. The zero-order chi connectivity index (χ0) is 23.5. The summed E-state index contributed by atoms with van der Waals surface area (Å²) in [6.07, 6.45) is 1.52. The van der Waals surface area contributed by atoms with Gasteiger partial charge in [0.05, 0.1) is 18.1 Å². The number of hydrogen-bond acceptors (Lipinski definition) is 7. The van der Waals surface area contributed by atoms with Crippen LogP contribution in [0.25, 0.3) is 0 Å². The fourth-order valence-electron chi connectivity index (χ4n) is 3.97. The minimum Gasteiger partial charge on any atom is -0.388 e. The van der Waals surface area contributed by atoms with E-state index in [1.165, 1.54) is 0 Å². The van der Waals surface area contributed by atoms with Gasteiger partial charge in [-0.1, -0.05) is 36.7 Å². The second-order valence-electron chi connectivity index (χ2n) is 9.11. The van der Waals surface area contributed by atoms with Crippen LogP contribution in [0.2, 0.25) is 0 Å². The van der Waals surface area contributed by atoms with Crippen LogP contribution in [0.15, 0.2) is 22.7 Å². The number of amides is 3. The largest absolute Gasteiger partial charge is 0.388 e. The highest BCUT2D eigenvalue weighted by Crippen LogP contribution is 2.26. The molecule has 0 bridgehead atoms. The molecule has 1 saturated heterocycles. The Morgan fingerprint density at radius 2 is 2.03 bits per heavy atom. The average molecular weight is 444 g/mol. The second kappa shape index (κ2) is 9.79. The van der Waals surface area contributed by atoms with E-state index in [9.17, 15) is 14.7 Å². The Labute approximate surface area is 188 Å². The van der Waals surface area contributed by atoms with Crippen LogP contribution in [-0.2, 0) is 11.2 Å². The Morgan fingerprint density at radius 3 is 2.69 bits per heavy atom. The number of nitrogens with one attached hydrogen (secondary N) is 2. The van der Waals surface area contributed by atoms with E-state index >= 15 is 0 Å². The van der Waals surface area contributed by atoms with E-state index in [1.54, 1.807) is 6.92 Å². The van der Waals surface area contributed by atoms with Crippen LogP contribution in [0.1, 0.15) is 62.4 Å². The molecule has 0 aliphatic carbocycles. The van der Waals surface area contributed by atoms with Crippen molar-refractivity contribution < 1.29 is 19.2 Å². The van der Waals surface area contributed by atoms with E-state index in [2.05, 4.69) is 20.8 Å². The van der Waals surface area contributed by atoms with Crippen LogP contribution in [0.5, 0.6) is 0 Å². The third-order valence-corrected chi connectivity index (χ3v) is 5.86. The van der Waals surface area contributed by atoms with E-state index in [0.29, 0.717) is 36.8 Å². The van der Waals surface area contributed by atoms with Crippen molar-refractivity contribution in [3.05, 3.63) is 41.0 Å². The van der Waals surface area contributed by atoms with Crippen LogP contribution in [0.3, 0.4) is 0 Å². The summed E-state index contributed by atoms with van der Waals surface area (Å²) in [6, 6.07) is 4.51. The van der Waals surface area contributed by atoms with E-state index in [1.807, 2.05) is 50.8 Å². The highest BCUT2D eigenvalue weighted by Gasteiger charge is 2.38. The number of imide groups is 1. The number of urea groups is 1. The summed E-state index contributed by atoms with van der Waals surface area (Å²) < 4.78 is 5.29. The maximum absolute atomic E-state index is 12.7. The van der Waals surface area contributed by atoms with Gasteiger partial charge in [-0.25, -0.2) is 4.79 Å². The Morgan fingerprint density at radius 1 is 1.28 bits per heavy atom. The molecule has 2 heterocycles. The quantitative estimate of drug-likeness (QED) is 0.628. The van der Waals surface area contributed by atoms with Gasteiger partial charge in [0.1, 0.15) is 0 Å². The van der Waals surface area contributed by atoms with Gasteiger partial charge < -0.3 is 14.9 Å². The van der Waals surface area contributed by atoms with Crippen molar-refractivity contribution in [2.75, 3.05) is 18.4 Å². The zero-order valence-corrected chi connectivity index (χ0v) is 19.4. The Balaban J connectivity index is 1.57. The van der Waals surface area contributed by atoms with Crippen molar-refractivity contribution in [1.29, 1.82) is 0 Å². The van der Waals surface area contributed by atoms with Crippen molar-refractivity contribution in [2.24, 2.45) is 0 Å². The number of carbonyl (C=O) groups is 2. The van der Waals surface area contributed by atoms with Crippen LogP contribution < -0.4 is 10.6 Å². The number of benzene rings is 1. The van der Waals surface area contributed by atoms with E-state index in [-0.39, 0.29) is 18.9 Å². The van der Waals surface area contributed by atoms with Crippen LogP contribution >= 0.6 is 0 Å². The van der Waals surface area contributed by atoms with Crippen molar-refractivity contribution in [3.63, 3.8) is 0 Å². The lowest BCUT2D eigenvalue weighted by Crippen LogP contribution is -2.56. The minimum atomic E-state index is -1.07. The molecular weight excluding hydrogens is 410 g/mol. The Bertz CT molecular complexity index is 973. The normalized spacial score (nSPS) is 20.2. The van der Waals surface area contributed by atoms with Gasteiger partial charge in [0.2, 0.25) is 11.8 Å². The predicted molar refractivity (Wildman–Crippen MR) is 120 cm³/mol. The first-order chi connectivity index (χ1) is 15.1. The number of hydrogen-bond donors (Lipinski definition) is 3. The molecule has 2 aromatic rings. The molecule has 0 radical (unpaired) electrons. The molecule has 9 heteroatoms. The summed E-state index contributed by atoms with van der Waals surface area (Å²) in [4.78, 5) is 31.3. The second-order valence-corrected chi connectivity index (χ2v) is 9.11. The van der Waals surface area contributed by atoms with Crippen molar-refractivity contribution in [2.45, 2.75) is 71.4 Å². The summed E-state index contributed by atoms with van der Waals surface area (Å²) in [5.74, 6) is 0.724. The standard InChI is InChI=1S/C23H33N5O4/c1-14(2)20-25-19(32-27-20)12-23(31)9-6-10-28(13-23)17(5)21(29)26-22(30)24-18-8-7-15(3)11-16(18)4/h7-8,11,14,17,31H,6,9-10,12-13H2,1-5H3,(H2,24,26,29,30). The summed E-state index contributed by atoms with van der Waals surface area (Å²) in [6.45, 7) is 10.5. The van der Waals surface area contributed by atoms with E-state index < -0.39 is 23.6 Å². The summed E-state index contributed by atoms with van der Waals surface area (Å²) in [7, 11) is 0. The number of aliphatic hydroxyl groups is 1. The number of likely N-dealkylation sites (tertiary alicyclic amines) is 1. The molecule has 1 fully saturated rings. The summed E-state index contributed by atoms with van der Waals surface area (Å²) in [5.41, 5.74) is 1.59. The van der Waals surface area contributed by atoms with Crippen molar-refractivity contribution >= 4 is 17.6 Å². The van der Waals surface area contributed by atoms with E-state index in [4.69, 9.17) is 4.52 Å². The van der Waals surface area contributed by atoms with Crippen LogP contribution in [0, 0.1) is 13.8 Å². The maximum Gasteiger partial charge on any atom is 0.325 e. The predicted octanol–water partition coefficient (Wildman–Crippen LogP) is 2.92. The molecule has 0 spiro atoms. The number of anilines is 1. The molecule has 2 unspecified atom stereocenters. The summed E-state index contributed by atoms with van der Waals surface area (Å²) in [5, 5.41) is 20.2. The van der Waals surface area contributed by atoms with Gasteiger partial charge in [-0.05, 0) is 51.8 Å².